The molecule has 0 atom stereocenters. The number of rotatable bonds is 6. The average molecular weight is 390 g/mol. The summed E-state index contributed by atoms with van der Waals surface area (Å²) in [7, 11) is 1.67. The zero-order valence-corrected chi connectivity index (χ0v) is 16.8. The highest BCUT2D eigenvalue weighted by Gasteiger charge is 2.17. The first kappa shape index (κ1) is 19.0. The van der Waals surface area contributed by atoms with E-state index >= 15 is 0 Å². The second kappa shape index (κ2) is 7.95. The topological polar surface area (TPSA) is 36.3 Å². The van der Waals surface area contributed by atoms with Gasteiger partial charge in [-0.15, -0.1) is 0 Å². The SMILES string of the molecule is COc1ccc(Cn2c(C)c(C)c3nccc(OCc4ccc(F)cc4)c32)cc1. The molecule has 0 fully saturated rings. The number of hydrogen-bond acceptors (Lipinski definition) is 3. The number of aromatic nitrogens is 2. The zero-order chi connectivity index (χ0) is 20.4. The van der Waals surface area contributed by atoms with E-state index in [-0.39, 0.29) is 5.82 Å². The second-order valence-electron chi connectivity index (χ2n) is 7.07. The molecule has 2 aromatic heterocycles. The van der Waals surface area contributed by atoms with Crippen molar-refractivity contribution < 1.29 is 13.9 Å². The van der Waals surface area contributed by atoms with Crippen molar-refractivity contribution in [1.82, 2.24) is 9.55 Å². The molecule has 4 rings (SSSR count). The molecule has 0 spiro atoms. The molecule has 0 aliphatic heterocycles. The molecule has 0 N–H and O–H groups in total. The molecule has 2 heterocycles. The van der Waals surface area contributed by atoms with Gasteiger partial charge in [-0.25, -0.2) is 4.39 Å². The Labute approximate surface area is 169 Å². The summed E-state index contributed by atoms with van der Waals surface area (Å²) in [4.78, 5) is 4.59. The van der Waals surface area contributed by atoms with Gasteiger partial charge in [0, 0.05) is 24.5 Å². The summed E-state index contributed by atoms with van der Waals surface area (Å²) in [6.45, 7) is 5.26. The van der Waals surface area contributed by atoms with Gasteiger partial charge < -0.3 is 14.0 Å². The van der Waals surface area contributed by atoms with Crippen molar-refractivity contribution in [2.75, 3.05) is 7.11 Å². The molecule has 0 saturated heterocycles. The maximum Gasteiger partial charge on any atom is 0.147 e. The molecular formula is C24H23FN2O2. The minimum Gasteiger partial charge on any atom is -0.497 e. The Morgan fingerprint density at radius 3 is 2.31 bits per heavy atom. The van der Waals surface area contributed by atoms with Crippen LogP contribution in [0.4, 0.5) is 4.39 Å². The Morgan fingerprint density at radius 1 is 0.931 bits per heavy atom. The van der Waals surface area contributed by atoms with Crippen molar-refractivity contribution in [1.29, 1.82) is 0 Å². The van der Waals surface area contributed by atoms with Crippen LogP contribution in [0.1, 0.15) is 22.4 Å². The van der Waals surface area contributed by atoms with Crippen LogP contribution < -0.4 is 9.47 Å². The molecule has 0 unspecified atom stereocenters. The summed E-state index contributed by atoms with van der Waals surface area (Å²) in [5, 5.41) is 0. The molecule has 0 saturated carbocycles. The molecule has 2 aromatic carbocycles. The van der Waals surface area contributed by atoms with Crippen LogP contribution in [0.5, 0.6) is 11.5 Å². The van der Waals surface area contributed by atoms with Gasteiger partial charge >= 0.3 is 0 Å². The molecule has 0 radical (unpaired) electrons. The minimum atomic E-state index is -0.250. The first-order valence-corrected chi connectivity index (χ1v) is 9.51. The highest BCUT2D eigenvalue weighted by molar-refractivity contribution is 5.86. The maximum atomic E-state index is 13.2. The predicted octanol–water partition coefficient (Wildman–Crippen LogP) is 5.43. The highest BCUT2D eigenvalue weighted by atomic mass is 19.1. The standard InChI is InChI=1S/C24H23FN2O2/c1-16-17(2)27(14-18-6-10-21(28-3)11-7-18)24-22(12-13-26-23(16)24)29-15-19-4-8-20(25)9-5-19/h4-13H,14-15H2,1-3H3. The summed E-state index contributed by atoms with van der Waals surface area (Å²) in [5.41, 5.74) is 6.28. The van der Waals surface area contributed by atoms with Gasteiger partial charge in [0.1, 0.15) is 29.4 Å². The van der Waals surface area contributed by atoms with Gasteiger partial charge in [-0.2, -0.15) is 0 Å². The average Bonchev–Trinajstić information content (AvgIpc) is 2.99. The first-order chi connectivity index (χ1) is 14.1. The van der Waals surface area contributed by atoms with Gasteiger partial charge in [-0.3, -0.25) is 4.98 Å². The summed E-state index contributed by atoms with van der Waals surface area (Å²) in [6, 6.07) is 16.3. The zero-order valence-electron chi connectivity index (χ0n) is 16.8. The fourth-order valence-corrected chi connectivity index (χ4v) is 3.48. The van der Waals surface area contributed by atoms with Crippen molar-refractivity contribution in [2.45, 2.75) is 27.0 Å². The number of aryl methyl sites for hydroxylation is 1. The normalized spacial score (nSPS) is 11.0. The van der Waals surface area contributed by atoms with Gasteiger partial charge in [-0.05, 0) is 54.8 Å². The van der Waals surface area contributed by atoms with E-state index in [1.807, 2.05) is 18.2 Å². The summed E-state index contributed by atoms with van der Waals surface area (Å²) in [6.07, 6.45) is 1.77. The lowest BCUT2D eigenvalue weighted by Gasteiger charge is -2.13. The van der Waals surface area contributed by atoms with Crippen LogP contribution in [0.2, 0.25) is 0 Å². The Bertz CT molecular complexity index is 1130. The molecule has 0 amide bonds. The van der Waals surface area contributed by atoms with E-state index < -0.39 is 0 Å². The molecule has 5 heteroatoms. The van der Waals surface area contributed by atoms with E-state index in [1.54, 1.807) is 25.4 Å². The molecular weight excluding hydrogens is 367 g/mol. The van der Waals surface area contributed by atoms with Crippen molar-refractivity contribution in [3.05, 3.63) is 89.0 Å². The van der Waals surface area contributed by atoms with Gasteiger partial charge in [-0.1, -0.05) is 24.3 Å². The summed E-state index contributed by atoms with van der Waals surface area (Å²) >= 11 is 0. The first-order valence-electron chi connectivity index (χ1n) is 9.51. The molecule has 0 aliphatic carbocycles. The van der Waals surface area contributed by atoms with Crippen LogP contribution >= 0.6 is 0 Å². The molecule has 0 bridgehead atoms. The van der Waals surface area contributed by atoms with Crippen LogP contribution in [0, 0.1) is 19.7 Å². The number of methoxy groups -OCH3 is 1. The second-order valence-corrected chi connectivity index (χ2v) is 7.07. The Morgan fingerprint density at radius 2 is 1.62 bits per heavy atom. The van der Waals surface area contributed by atoms with E-state index in [9.17, 15) is 4.39 Å². The molecule has 0 aliphatic rings. The predicted molar refractivity (Wildman–Crippen MR) is 112 cm³/mol. The Balaban J connectivity index is 1.69. The van der Waals surface area contributed by atoms with E-state index in [0.717, 1.165) is 39.4 Å². The number of pyridine rings is 1. The fraction of sp³-hybridized carbons (Fsp3) is 0.208. The fourth-order valence-electron chi connectivity index (χ4n) is 3.48. The number of hydrogen-bond donors (Lipinski definition) is 0. The quantitative estimate of drug-likeness (QED) is 0.441. The number of ether oxygens (including phenoxy) is 2. The van der Waals surface area contributed by atoms with Crippen LogP contribution in [0.3, 0.4) is 0 Å². The number of benzene rings is 2. The lowest BCUT2D eigenvalue weighted by atomic mass is 10.2. The van der Waals surface area contributed by atoms with Crippen molar-refractivity contribution in [2.24, 2.45) is 0 Å². The largest absolute Gasteiger partial charge is 0.497 e. The third-order valence-corrected chi connectivity index (χ3v) is 5.27. The minimum absolute atomic E-state index is 0.250. The molecule has 4 nitrogen and oxygen atoms in total. The Kier molecular flexibility index (Phi) is 5.21. The highest BCUT2D eigenvalue weighted by Crippen LogP contribution is 2.32. The molecule has 148 valence electrons. The Hall–Kier alpha value is -3.34. The number of halogens is 1. The van der Waals surface area contributed by atoms with E-state index in [4.69, 9.17) is 9.47 Å². The van der Waals surface area contributed by atoms with Gasteiger partial charge in [0.15, 0.2) is 0 Å². The van der Waals surface area contributed by atoms with Crippen LogP contribution in [-0.4, -0.2) is 16.7 Å². The summed E-state index contributed by atoms with van der Waals surface area (Å²) in [5.74, 6) is 1.35. The summed E-state index contributed by atoms with van der Waals surface area (Å²) < 4.78 is 26.8. The van der Waals surface area contributed by atoms with E-state index in [2.05, 4.69) is 35.5 Å². The lowest BCUT2D eigenvalue weighted by molar-refractivity contribution is 0.308. The van der Waals surface area contributed by atoms with Crippen molar-refractivity contribution >= 4 is 11.0 Å². The third kappa shape index (κ3) is 3.81. The van der Waals surface area contributed by atoms with E-state index in [0.29, 0.717) is 13.2 Å². The number of fused-ring (bicyclic) bond motifs is 1. The lowest BCUT2D eigenvalue weighted by Crippen LogP contribution is -2.04. The van der Waals surface area contributed by atoms with E-state index in [1.165, 1.54) is 17.7 Å². The maximum absolute atomic E-state index is 13.2. The van der Waals surface area contributed by atoms with Gasteiger partial charge in [0.2, 0.25) is 0 Å². The number of nitrogens with zero attached hydrogens (tertiary/aromatic N) is 2. The van der Waals surface area contributed by atoms with Crippen LogP contribution in [0.15, 0.2) is 60.8 Å². The van der Waals surface area contributed by atoms with Crippen LogP contribution in [0.25, 0.3) is 11.0 Å². The van der Waals surface area contributed by atoms with Crippen molar-refractivity contribution in [3.63, 3.8) is 0 Å². The molecule has 29 heavy (non-hydrogen) atoms. The molecule has 4 aromatic rings. The van der Waals surface area contributed by atoms with Gasteiger partial charge in [0.05, 0.1) is 12.6 Å². The monoisotopic (exact) mass is 390 g/mol. The van der Waals surface area contributed by atoms with Gasteiger partial charge in [0.25, 0.3) is 0 Å². The van der Waals surface area contributed by atoms with Crippen molar-refractivity contribution in [3.8, 4) is 11.5 Å². The smallest absolute Gasteiger partial charge is 0.147 e. The third-order valence-electron chi connectivity index (χ3n) is 5.27. The van der Waals surface area contributed by atoms with Crippen LogP contribution in [-0.2, 0) is 13.2 Å².